The highest BCUT2D eigenvalue weighted by atomic mass is 16.6. The molecule has 0 radical (unpaired) electrons. The van der Waals surface area contributed by atoms with Crippen molar-refractivity contribution in [2.45, 2.75) is 83.6 Å². The van der Waals surface area contributed by atoms with Crippen molar-refractivity contribution in [3.8, 4) is 0 Å². The first-order chi connectivity index (χ1) is 14.3. The normalized spacial score (nSPS) is 33.1. The van der Waals surface area contributed by atoms with Crippen molar-refractivity contribution in [2.24, 2.45) is 17.8 Å². The van der Waals surface area contributed by atoms with Crippen molar-refractivity contribution < 1.29 is 29.0 Å². The first-order valence-electron chi connectivity index (χ1n) is 11.4. The van der Waals surface area contributed by atoms with Crippen molar-refractivity contribution >= 4 is 17.8 Å². The minimum absolute atomic E-state index is 0.0530. The van der Waals surface area contributed by atoms with Gasteiger partial charge in [-0.25, -0.2) is 0 Å². The molecule has 3 aliphatic heterocycles. The lowest BCUT2D eigenvalue weighted by atomic mass is 9.71. The van der Waals surface area contributed by atoms with Crippen LogP contribution in [0.2, 0.25) is 0 Å². The van der Waals surface area contributed by atoms with Crippen molar-refractivity contribution in [3.63, 3.8) is 0 Å². The van der Waals surface area contributed by atoms with Gasteiger partial charge < -0.3 is 24.8 Å². The Morgan fingerprint density at radius 3 is 2.67 bits per heavy atom. The molecule has 0 aromatic rings. The van der Waals surface area contributed by atoms with Gasteiger partial charge in [-0.05, 0) is 32.1 Å². The second-order valence-electron chi connectivity index (χ2n) is 9.05. The zero-order chi connectivity index (χ0) is 22.1. The first-order valence-corrected chi connectivity index (χ1v) is 11.4. The van der Waals surface area contributed by atoms with Gasteiger partial charge in [0.2, 0.25) is 11.8 Å². The molecular weight excluding hydrogens is 388 g/mol. The number of esters is 1. The third-order valence-corrected chi connectivity index (χ3v) is 6.94. The van der Waals surface area contributed by atoms with E-state index in [1.807, 2.05) is 13.8 Å². The summed E-state index contributed by atoms with van der Waals surface area (Å²) < 4.78 is 11.5. The van der Waals surface area contributed by atoms with Crippen molar-refractivity contribution in [1.29, 1.82) is 0 Å². The van der Waals surface area contributed by atoms with Crippen LogP contribution in [0.15, 0.2) is 0 Å². The summed E-state index contributed by atoms with van der Waals surface area (Å²) in [6, 6.07) is -1.37. The highest BCUT2D eigenvalue weighted by molar-refractivity contribution is 5.98. The molecule has 30 heavy (non-hydrogen) atoms. The summed E-state index contributed by atoms with van der Waals surface area (Å²) in [5, 5.41) is 13.0. The maximum Gasteiger partial charge on any atom is 0.312 e. The van der Waals surface area contributed by atoms with Crippen molar-refractivity contribution in [2.75, 3.05) is 19.8 Å². The van der Waals surface area contributed by atoms with Crippen LogP contribution in [0, 0.1) is 17.8 Å². The summed E-state index contributed by atoms with van der Waals surface area (Å²) in [4.78, 5) is 41.2. The molecule has 0 aliphatic carbocycles. The summed E-state index contributed by atoms with van der Waals surface area (Å²) in [6.45, 7) is 8.16. The second kappa shape index (κ2) is 9.22. The van der Waals surface area contributed by atoms with E-state index in [1.54, 1.807) is 6.92 Å². The number of likely N-dealkylation sites (tertiary alicyclic amines) is 1. The van der Waals surface area contributed by atoms with E-state index in [1.165, 1.54) is 4.90 Å². The lowest BCUT2D eigenvalue weighted by Crippen LogP contribution is -2.59. The number of unbranched alkanes of at least 4 members (excludes halogenated alkanes) is 2. The fourth-order valence-electron chi connectivity index (χ4n) is 5.56. The van der Waals surface area contributed by atoms with Gasteiger partial charge in [-0.1, -0.05) is 33.6 Å². The third kappa shape index (κ3) is 3.62. The van der Waals surface area contributed by atoms with E-state index in [0.717, 1.165) is 19.3 Å². The van der Waals surface area contributed by atoms with Crippen molar-refractivity contribution in [1.82, 2.24) is 10.2 Å². The third-order valence-electron chi connectivity index (χ3n) is 6.94. The molecule has 2 amide bonds. The molecule has 1 spiro atoms. The van der Waals surface area contributed by atoms with Crippen LogP contribution in [0.3, 0.4) is 0 Å². The molecular formula is C22H36N2O6. The minimum Gasteiger partial charge on any atom is -0.466 e. The Morgan fingerprint density at radius 1 is 1.33 bits per heavy atom. The van der Waals surface area contributed by atoms with Crippen LogP contribution in [0.1, 0.15) is 59.8 Å². The molecule has 8 heteroatoms. The van der Waals surface area contributed by atoms with Gasteiger partial charge in [-0.15, -0.1) is 0 Å². The Morgan fingerprint density at radius 2 is 2.07 bits per heavy atom. The largest absolute Gasteiger partial charge is 0.466 e. The van der Waals surface area contributed by atoms with E-state index in [0.29, 0.717) is 19.4 Å². The number of rotatable bonds is 10. The molecule has 170 valence electrons. The number of carbonyl (C=O) groups excluding carboxylic acids is 3. The Hall–Kier alpha value is -1.67. The van der Waals surface area contributed by atoms with Crippen LogP contribution in [0.25, 0.3) is 0 Å². The fraction of sp³-hybridized carbons (Fsp3) is 0.864. The van der Waals surface area contributed by atoms with Gasteiger partial charge in [0.15, 0.2) is 0 Å². The summed E-state index contributed by atoms with van der Waals surface area (Å²) >= 11 is 0. The number of hydrogen-bond donors (Lipinski definition) is 2. The van der Waals surface area contributed by atoms with E-state index in [-0.39, 0.29) is 30.9 Å². The minimum atomic E-state index is -1.03. The predicted octanol–water partition coefficient (Wildman–Crippen LogP) is 1.25. The summed E-state index contributed by atoms with van der Waals surface area (Å²) in [5.41, 5.74) is -1.03. The van der Waals surface area contributed by atoms with Gasteiger partial charge in [-0.3, -0.25) is 14.4 Å². The van der Waals surface area contributed by atoms with Crippen LogP contribution >= 0.6 is 0 Å². The summed E-state index contributed by atoms with van der Waals surface area (Å²) in [6.07, 6.45) is 3.68. The van der Waals surface area contributed by atoms with Crippen LogP contribution in [0.5, 0.6) is 0 Å². The van der Waals surface area contributed by atoms with Gasteiger partial charge in [0.05, 0.1) is 37.2 Å². The highest BCUT2D eigenvalue weighted by Crippen LogP contribution is 2.59. The molecule has 0 saturated carbocycles. The van der Waals surface area contributed by atoms with Gasteiger partial charge >= 0.3 is 5.97 Å². The molecule has 3 aliphatic rings. The molecule has 3 saturated heterocycles. The van der Waals surface area contributed by atoms with Crippen LogP contribution in [-0.2, 0) is 23.9 Å². The molecule has 3 rings (SSSR count). The Bertz CT molecular complexity index is 668. The molecule has 2 N–H and O–H groups in total. The van der Waals surface area contributed by atoms with E-state index in [4.69, 9.17) is 9.47 Å². The Balaban J connectivity index is 1.95. The van der Waals surface area contributed by atoms with Crippen molar-refractivity contribution in [3.05, 3.63) is 0 Å². The van der Waals surface area contributed by atoms with Gasteiger partial charge in [-0.2, -0.15) is 0 Å². The monoisotopic (exact) mass is 424 g/mol. The van der Waals surface area contributed by atoms with E-state index < -0.39 is 41.6 Å². The first kappa shape index (κ1) is 23.0. The number of aliphatic hydroxyl groups is 1. The molecule has 3 fully saturated rings. The highest BCUT2D eigenvalue weighted by Gasteiger charge is 2.75. The lowest BCUT2D eigenvalue weighted by Gasteiger charge is -2.38. The molecule has 2 bridgehead atoms. The SMILES string of the molecule is CCCCCNC(=O)C1N([C@@H](CO)C(C)C)C(=O)[C@@H]2[C@@H](C(=O)OCC)[C@H]3CCC12O3. The van der Waals surface area contributed by atoms with Crippen LogP contribution in [0.4, 0.5) is 0 Å². The number of fused-ring (bicyclic) bond motifs is 1. The molecule has 2 unspecified atom stereocenters. The summed E-state index contributed by atoms with van der Waals surface area (Å²) in [7, 11) is 0. The zero-order valence-corrected chi connectivity index (χ0v) is 18.6. The van der Waals surface area contributed by atoms with Gasteiger partial charge in [0, 0.05) is 6.54 Å². The molecule has 0 aromatic heterocycles. The number of carbonyl (C=O) groups is 3. The van der Waals surface area contributed by atoms with E-state index in [9.17, 15) is 19.5 Å². The Kier molecular flexibility index (Phi) is 7.07. The average Bonchev–Trinajstić information content (AvgIpc) is 3.34. The number of amides is 2. The topological polar surface area (TPSA) is 105 Å². The standard InChI is InChI=1S/C22H36N2O6/c1-5-7-8-11-23-19(26)18-22-10-9-15(30-22)16(21(28)29-6-2)17(22)20(27)24(18)14(12-25)13(3)4/h13-18,25H,5-12H2,1-4H3,(H,23,26)/t14-,15+,16-,17-,18?,22?/m0/s1. The molecule has 6 atom stereocenters. The number of nitrogens with one attached hydrogen (secondary N) is 1. The lowest BCUT2D eigenvalue weighted by molar-refractivity contribution is -0.155. The van der Waals surface area contributed by atoms with E-state index >= 15 is 0 Å². The number of nitrogens with zero attached hydrogens (tertiary/aromatic N) is 1. The number of ether oxygens (including phenoxy) is 2. The van der Waals surface area contributed by atoms with E-state index in [2.05, 4.69) is 12.2 Å². The van der Waals surface area contributed by atoms with Crippen LogP contribution in [-0.4, -0.2) is 71.3 Å². The maximum atomic E-state index is 13.6. The zero-order valence-electron chi connectivity index (χ0n) is 18.6. The summed E-state index contributed by atoms with van der Waals surface area (Å²) in [5.74, 6) is -2.46. The predicted molar refractivity (Wildman–Crippen MR) is 109 cm³/mol. The molecule has 3 heterocycles. The molecule has 8 nitrogen and oxygen atoms in total. The number of hydrogen-bond acceptors (Lipinski definition) is 6. The van der Waals surface area contributed by atoms with Crippen LogP contribution < -0.4 is 5.32 Å². The smallest absolute Gasteiger partial charge is 0.312 e. The quantitative estimate of drug-likeness (QED) is 0.404. The average molecular weight is 425 g/mol. The number of aliphatic hydroxyl groups excluding tert-OH is 1. The molecule has 0 aromatic carbocycles. The maximum absolute atomic E-state index is 13.6. The second-order valence-corrected chi connectivity index (χ2v) is 9.05. The fourth-order valence-corrected chi connectivity index (χ4v) is 5.56. The Labute approximate surface area is 178 Å². The van der Waals surface area contributed by atoms with Gasteiger partial charge in [0.25, 0.3) is 0 Å². The van der Waals surface area contributed by atoms with Gasteiger partial charge in [0.1, 0.15) is 11.6 Å².